The Labute approximate surface area is 96.6 Å². The van der Waals surface area contributed by atoms with E-state index in [1.807, 2.05) is 0 Å². The number of hydrogen-bond donors (Lipinski definition) is 2. The number of carboxylic acid groups (broad SMARTS) is 1. The third kappa shape index (κ3) is 2.32. The number of rotatable bonds is 5. The summed E-state index contributed by atoms with van der Waals surface area (Å²) in [7, 11) is 0. The van der Waals surface area contributed by atoms with Gasteiger partial charge in [0, 0.05) is 12.6 Å². The monoisotopic (exact) mass is 237 g/mol. The summed E-state index contributed by atoms with van der Waals surface area (Å²) in [5.41, 5.74) is -0.765. The lowest BCUT2D eigenvalue weighted by Crippen LogP contribution is -2.24. The van der Waals surface area contributed by atoms with E-state index in [0.717, 1.165) is 6.20 Å². The summed E-state index contributed by atoms with van der Waals surface area (Å²) >= 11 is 0. The molecule has 1 aliphatic carbocycles. The highest BCUT2D eigenvalue weighted by atomic mass is 16.6. The quantitative estimate of drug-likeness (QED) is 0.590. The van der Waals surface area contributed by atoms with E-state index in [4.69, 9.17) is 5.11 Å². The molecule has 1 aromatic heterocycles. The highest BCUT2D eigenvalue weighted by molar-refractivity contribution is 5.78. The molecule has 2 rings (SSSR count). The minimum absolute atomic E-state index is 0.0880. The molecule has 0 spiro atoms. The Bertz CT molecular complexity index is 453. The first kappa shape index (κ1) is 11.3. The van der Waals surface area contributed by atoms with Gasteiger partial charge in [-0.1, -0.05) is 0 Å². The number of nitro groups is 1. The molecule has 0 radical (unpaired) electrons. The summed E-state index contributed by atoms with van der Waals surface area (Å²) in [4.78, 5) is 24.6. The van der Waals surface area contributed by atoms with Crippen LogP contribution in [0.4, 0.5) is 11.5 Å². The van der Waals surface area contributed by atoms with E-state index in [9.17, 15) is 14.9 Å². The number of nitrogens with zero attached hydrogens (tertiary/aromatic N) is 2. The normalized spacial score (nSPS) is 16.2. The van der Waals surface area contributed by atoms with Gasteiger partial charge in [0.2, 0.25) is 0 Å². The predicted molar refractivity (Wildman–Crippen MR) is 58.7 cm³/mol. The van der Waals surface area contributed by atoms with Crippen molar-refractivity contribution in [2.24, 2.45) is 5.41 Å². The first-order valence-corrected chi connectivity index (χ1v) is 5.11. The van der Waals surface area contributed by atoms with E-state index in [2.05, 4.69) is 10.3 Å². The standard InChI is InChI=1S/C10H11N3O4/c14-9(15)10(3-4-10)6-12-8-2-1-7(5-11-8)13(16)17/h1-2,5H,3-4,6H2,(H,11,12)(H,14,15). The van der Waals surface area contributed by atoms with Crippen molar-refractivity contribution in [2.45, 2.75) is 12.8 Å². The van der Waals surface area contributed by atoms with Gasteiger partial charge in [-0.3, -0.25) is 14.9 Å². The van der Waals surface area contributed by atoms with Crippen molar-refractivity contribution in [1.82, 2.24) is 4.98 Å². The Morgan fingerprint density at radius 1 is 1.59 bits per heavy atom. The molecule has 1 aromatic rings. The van der Waals surface area contributed by atoms with Crippen LogP contribution < -0.4 is 5.32 Å². The third-order valence-electron chi connectivity index (χ3n) is 2.87. The van der Waals surface area contributed by atoms with Crippen molar-refractivity contribution in [3.63, 3.8) is 0 Å². The highest BCUT2D eigenvalue weighted by Gasteiger charge is 2.50. The summed E-state index contributed by atoms with van der Waals surface area (Å²) in [5.74, 6) is -0.366. The van der Waals surface area contributed by atoms with E-state index in [-0.39, 0.29) is 5.69 Å². The second-order valence-corrected chi connectivity index (χ2v) is 4.10. The Balaban J connectivity index is 1.96. The number of aromatic nitrogens is 1. The first-order valence-electron chi connectivity index (χ1n) is 5.11. The van der Waals surface area contributed by atoms with Gasteiger partial charge < -0.3 is 10.4 Å². The van der Waals surface area contributed by atoms with Gasteiger partial charge in [-0.2, -0.15) is 0 Å². The number of anilines is 1. The Hall–Kier alpha value is -2.18. The molecule has 17 heavy (non-hydrogen) atoms. The molecule has 0 amide bonds. The van der Waals surface area contributed by atoms with Gasteiger partial charge >= 0.3 is 5.97 Å². The topological polar surface area (TPSA) is 105 Å². The molecule has 1 fully saturated rings. The van der Waals surface area contributed by atoms with Gasteiger partial charge in [0.05, 0.1) is 10.3 Å². The van der Waals surface area contributed by atoms with Gasteiger partial charge in [-0.05, 0) is 18.9 Å². The molecule has 1 saturated carbocycles. The van der Waals surface area contributed by atoms with Crippen LogP contribution in [-0.4, -0.2) is 27.5 Å². The van der Waals surface area contributed by atoms with Crippen molar-refractivity contribution in [3.05, 3.63) is 28.4 Å². The van der Waals surface area contributed by atoms with Crippen LogP contribution in [0.2, 0.25) is 0 Å². The van der Waals surface area contributed by atoms with Gasteiger partial charge in [0.25, 0.3) is 5.69 Å². The van der Waals surface area contributed by atoms with Crippen LogP contribution in [0.25, 0.3) is 0 Å². The van der Waals surface area contributed by atoms with Crippen LogP contribution in [0.5, 0.6) is 0 Å². The summed E-state index contributed by atoms with van der Waals surface area (Å²) in [6.45, 7) is 0.299. The number of hydrogen-bond acceptors (Lipinski definition) is 5. The van der Waals surface area contributed by atoms with Crippen LogP contribution >= 0.6 is 0 Å². The molecule has 0 unspecified atom stereocenters. The minimum atomic E-state index is -0.813. The number of carboxylic acids is 1. The average Bonchev–Trinajstić information content (AvgIpc) is 3.08. The molecular formula is C10H11N3O4. The van der Waals surface area contributed by atoms with E-state index in [0.29, 0.717) is 25.2 Å². The zero-order valence-electron chi connectivity index (χ0n) is 8.92. The molecule has 0 aliphatic heterocycles. The van der Waals surface area contributed by atoms with Crippen molar-refractivity contribution in [2.75, 3.05) is 11.9 Å². The molecule has 2 N–H and O–H groups in total. The highest BCUT2D eigenvalue weighted by Crippen LogP contribution is 2.45. The van der Waals surface area contributed by atoms with E-state index in [1.54, 1.807) is 0 Å². The van der Waals surface area contributed by atoms with Gasteiger partial charge in [-0.25, -0.2) is 4.98 Å². The smallest absolute Gasteiger partial charge is 0.311 e. The van der Waals surface area contributed by atoms with Crippen LogP contribution in [-0.2, 0) is 4.79 Å². The van der Waals surface area contributed by atoms with E-state index < -0.39 is 16.3 Å². The Kier molecular flexibility index (Phi) is 2.66. The fourth-order valence-electron chi connectivity index (χ4n) is 1.48. The zero-order chi connectivity index (χ0) is 12.5. The van der Waals surface area contributed by atoms with Crippen molar-refractivity contribution < 1.29 is 14.8 Å². The van der Waals surface area contributed by atoms with Crippen LogP contribution in [0.3, 0.4) is 0 Å². The molecule has 0 saturated heterocycles. The van der Waals surface area contributed by atoms with Crippen LogP contribution in [0, 0.1) is 15.5 Å². The molecule has 1 heterocycles. The lowest BCUT2D eigenvalue weighted by Gasteiger charge is -2.10. The number of carbonyl (C=O) groups is 1. The molecule has 0 atom stereocenters. The second-order valence-electron chi connectivity index (χ2n) is 4.10. The number of aliphatic carboxylic acids is 1. The Morgan fingerprint density at radius 3 is 2.71 bits per heavy atom. The third-order valence-corrected chi connectivity index (χ3v) is 2.87. The van der Waals surface area contributed by atoms with Gasteiger partial charge in [0.1, 0.15) is 12.0 Å². The summed E-state index contributed by atoms with van der Waals surface area (Å²) in [6, 6.07) is 2.80. The number of nitrogens with one attached hydrogen (secondary N) is 1. The maximum atomic E-state index is 10.9. The average molecular weight is 237 g/mol. The Morgan fingerprint density at radius 2 is 2.29 bits per heavy atom. The fourth-order valence-corrected chi connectivity index (χ4v) is 1.48. The largest absolute Gasteiger partial charge is 0.481 e. The lowest BCUT2D eigenvalue weighted by molar-refractivity contribution is -0.385. The summed E-state index contributed by atoms with van der Waals surface area (Å²) in [6.07, 6.45) is 2.45. The molecule has 1 aliphatic rings. The zero-order valence-corrected chi connectivity index (χ0v) is 8.92. The van der Waals surface area contributed by atoms with Gasteiger partial charge in [0.15, 0.2) is 0 Å². The molecule has 0 aromatic carbocycles. The summed E-state index contributed by atoms with van der Waals surface area (Å²) in [5, 5.41) is 22.2. The van der Waals surface area contributed by atoms with Crippen molar-refractivity contribution in [3.8, 4) is 0 Å². The van der Waals surface area contributed by atoms with Crippen molar-refractivity contribution >= 4 is 17.5 Å². The van der Waals surface area contributed by atoms with Crippen molar-refractivity contribution in [1.29, 1.82) is 0 Å². The maximum absolute atomic E-state index is 10.9. The second kappa shape index (κ2) is 4.00. The van der Waals surface area contributed by atoms with E-state index in [1.165, 1.54) is 12.1 Å². The minimum Gasteiger partial charge on any atom is -0.481 e. The predicted octanol–water partition coefficient (Wildman–Crippen LogP) is 1.27. The molecule has 7 nitrogen and oxygen atoms in total. The van der Waals surface area contributed by atoms with Crippen LogP contribution in [0.15, 0.2) is 18.3 Å². The maximum Gasteiger partial charge on any atom is 0.311 e. The lowest BCUT2D eigenvalue weighted by atomic mass is 10.1. The first-order chi connectivity index (χ1) is 8.03. The molecule has 0 bridgehead atoms. The van der Waals surface area contributed by atoms with Gasteiger partial charge in [-0.15, -0.1) is 0 Å². The molecule has 7 heteroatoms. The molecule has 90 valence electrons. The number of pyridine rings is 1. The fraction of sp³-hybridized carbons (Fsp3) is 0.400. The van der Waals surface area contributed by atoms with Crippen LogP contribution in [0.1, 0.15) is 12.8 Å². The summed E-state index contributed by atoms with van der Waals surface area (Å²) < 4.78 is 0. The molecular weight excluding hydrogens is 226 g/mol. The SMILES string of the molecule is O=C(O)C1(CNc2ccc([N+](=O)[O-])cn2)CC1. The van der Waals surface area contributed by atoms with E-state index >= 15 is 0 Å².